The molecule has 3 heterocycles. The van der Waals surface area contributed by atoms with E-state index in [0.29, 0.717) is 23.2 Å². The number of amides is 1. The van der Waals surface area contributed by atoms with E-state index in [1.165, 1.54) is 15.9 Å². The Bertz CT molecular complexity index is 1060. The van der Waals surface area contributed by atoms with E-state index >= 15 is 0 Å². The zero-order chi connectivity index (χ0) is 19.5. The van der Waals surface area contributed by atoms with Crippen molar-refractivity contribution >= 4 is 33.0 Å². The lowest BCUT2D eigenvalue weighted by atomic mass is 10.2. The van der Waals surface area contributed by atoms with Crippen LogP contribution in [0.15, 0.2) is 35.1 Å². The highest BCUT2D eigenvalue weighted by atomic mass is 32.1. The van der Waals surface area contributed by atoms with Gasteiger partial charge in [-0.15, -0.1) is 5.10 Å². The Balaban J connectivity index is 1.39. The summed E-state index contributed by atoms with van der Waals surface area (Å²) in [4.78, 5) is 31.2. The SMILES string of the molecule is CCCc1cc(=O)n2nc(NCCCN3C(=O)COc4ccccc43)sc2n1. The van der Waals surface area contributed by atoms with Crippen molar-refractivity contribution in [2.24, 2.45) is 0 Å². The highest BCUT2D eigenvalue weighted by Crippen LogP contribution is 2.31. The van der Waals surface area contributed by atoms with E-state index in [-0.39, 0.29) is 18.1 Å². The first-order chi connectivity index (χ1) is 13.7. The van der Waals surface area contributed by atoms with Gasteiger partial charge in [0.1, 0.15) is 5.75 Å². The van der Waals surface area contributed by atoms with E-state index in [0.717, 1.165) is 36.4 Å². The first-order valence-electron chi connectivity index (χ1n) is 9.31. The van der Waals surface area contributed by atoms with E-state index in [4.69, 9.17) is 4.74 Å². The second kappa shape index (κ2) is 7.97. The fraction of sp³-hybridized carbons (Fsp3) is 0.368. The molecule has 146 valence electrons. The molecule has 1 aliphatic rings. The summed E-state index contributed by atoms with van der Waals surface area (Å²) in [5.74, 6) is 0.687. The number of fused-ring (bicyclic) bond motifs is 2. The van der Waals surface area contributed by atoms with Crippen LogP contribution < -0.4 is 20.5 Å². The zero-order valence-corrected chi connectivity index (χ0v) is 16.4. The molecule has 0 radical (unpaired) electrons. The standard InChI is InChI=1S/C19H21N5O3S/c1-2-6-13-11-16(25)24-19(21-13)28-18(22-24)20-9-5-10-23-14-7-3-4-8-15(14)27-12-17(23)26/h3-4,7-8,11H,2,5-6,9-10,12H2,1H3,(H,20,22). The van der Waals surface area contributed by atoms with Gasteiger partial charge in [0.15, 0.2) is 6.61 Å². The van der Waals surface area contributed by atoms with Crippen LogP contribution in [0.1, 0.15) is 25.5 Å². The van der Waals surface area contributed by atoms with Crippen molar-refractivity contribution in [1.82, 2.24) is 14.6 Å². The van der Waals surface area contributed by atoms with Crippen LogP contribution in [0.4, 0.5) is 10.8 Å². The highest BCUT2D eigenvalue weighted by molar-refractivity contribution is 7.20. The number of anilines is 2. The molecule has 1 N–H and O–H groups in total. The molecule has 0 spiro atoms. The molecule has 0 atom stereocenters. The summed E-state index contributed by atoms with van der Waals surface area (Å²) < 4.78 is 6.79. The predicted molar refractivity (Wildman–Crippen MR) is 109 cm³/mol. The molecule has 0 saturated heterocycles. The number of hydrogen-bond donors (Lipinski definition) is 1. The molecule has 2 aromatic heterocycles. The molecular weight excluding hydrogens is 378 g/mol. The number of rotatable bonds is 7. The van der Waals surface area contributed by atoms with Gasteiger partial charge in [-0.1, -0.05) is 36.8 Å². The highest BCUT2D eigenvalue weighted by Gasteiger charge is 2.24. The number of aryl methyl sites for hydroxylation is 1. The van der Waals surface area contributed by atoms with Gasteiger partial charge in [-0.05, 0) is 25.0 Å². The minimum absolute atomic E-state index is 0.0436. The molecule has 1 aromatic carbocycles. The van der Waals surface area contributed by atoms with Crippen molar-refractivity contribution < 1.29 is 9.53 Å². The van der Waals surface area contributed by atoms with Gasteiger partial charge in [-0.3, -0.25) is 9.59 Å². The van der Waals surface area contributed by atoms with Crippen molar-refractivity contribution in [2.75, 3.05) is 29.9 Å². The van der Waals surface area contributed by atoms with Gasteiger partial charge in [0, 0.05) is 24.8 Å². The number of carbonyl (C=O) groups excluding carboxylic acids is 1. The molecule has 8 nitrogen and oxygen atoms in total. The van der Waals surface area contributed by atoms with Crippen LogP contribution >= 0.6 is 11.3 Å². The van der Waals surface area contributed by atoms with Crippen LogP contribution in [0.25, 0.3) is 4.96 Å². The molecule has 1 aliphatic heterocycles. The van der Waals surface area contributed by atoms with Gasteiger partial charge in [0.2, 0.25) is 10.1 Å². The van der Waals surface area contributed by atoms with Gasteiger partial charge in [-0.25, -0.2) is 4.98 Å². The summed E-state index contributed by atoms with van der Waals surface area (Å²) >= 11 is 1.36. The summed E-state index contributed by atoms with van der Waals surface area (Å²) in [6.45, 7) is 3.33. The first-order valence-corrected chi connectivity index (χ1v) is 10.1. The smallest absolute Gasteiger partial charge is 0.275 e. The van der Waals surface area contributed by atoms with Crippen molar-refractivity contribution in [3.05, 3.63) is 46.4 Å². The van der Waals surface area contributed by atoms with Crippen molar-refractivity contribution in [3.63, 3.8) is 0 Å². The number of hydrogen-bond acceptors (Lipinski definition) is 7. The minimum atomic E-state index is -0.159. The maximum atomic E-state index is 12.2. The summed E-state index contributed by atoms with van der Waals surface area (Å²) in [5, 5.41) is 8.17. The number of para-hydroxylation sites is 2. The Labute approximate surface area is 165 Å². The third kappa shape index (κ3) is 3.70. The Morgan fingerprint density at radius 2 is 2.14 bits per heavy atom. The van der Waals surface area contributed by atoms with Crippen LogP contribution in [-0.2, 0) is 11.2 Å². The summed E-state index contributed by atoms with van der Waals surface area (Å²) in [6, 6.07) is 9.08. The van der Waals surface area contributed by atoms with Gasteiger partial charge >= 0.3 is 0 Å². The summed E-state index contributed by atoms with van der Waals surface area (Å²) in [5.41, 5.74) is 1.44. The molecule has 28 heavy (non-hydrogen) atoms. The van der Waals surface area contributed by atoms with Crippen LogP contribution in [0.5, 0.6) is 5.75 Å². The van der Waals surface area contributed by atoms with Crippen LogP contribution in [-0.4, -0.2) is 40.2 Å². The summed E-state index contributed by atoms with van der Waals surface area (Å²) in [6.07, 6.45) is 2.46. The fourth-order valence-corrected chi connectivity index (χ4v) is 3.99. The second-order valence-corrected chi connectivity index (χ2v) is 7.48. The fourth-order valence-electron chi connectivity index (χ4n) is 3.14. The molecule has 3 aromatic rings. The number of benzene rings is 1. The van der Waals surface area contributed by atoms with Crippen molar-refractivity contribution in [3.8, 4) is 5.75 Å². The quantitative estimate of drug-likeness (QED) is 0.614. The average molecular weight is 399 g/mol. The Kier molecular flexibility index (Phi) is 5.25. The summed E-state index contributed by atoms with van der Waals surface area (Å²) in [7, 11) is 0. The topological polar surface area (TPSA) is 88.8 Å². The molecule has 0 bridgehead atoms. The molecule has 0 saturated carbocycles. The van der Waals surface area contributed by atoms with Gasteiger partial charge < -0.3 is 15.0 Å². The molecule has 1 amide bonds. The van der Waals surface area contributed by atoms with Crippen LogP contribution in [0.3, 0.4) is 0 Å². The maximum Gasteiger partial charge on any atom is 0.275 e. The molecule has 4 rings (SSSR count). The lowest BCUT2D eigenvalue weighted by Gasteiger charge is -2.29. The average Bonchev–Trinajstić information content (AvgIpc) is 3.10. The molecular formula is C19H21N5O3S. The van der Waals surface area contributed by atoms with Crippen LogP contribution in [0.2, 0.25) is 0 Å². The molecule has 0 fully saturated rings. The van der Waals surface area contributed by atoms with Gasteiger partial charge in [-0.2, -0.15) is 4.52 Å². The minimum Gasteiger partial charge on any atom is -0.482 e. The Morgan fingerprint density at radius 1 is 1.29 bits per heavy atom. The molecule has 9 heteroatoms. The van der Waals surface area contributed by atoms with E-state index in [2.05, 4.69) is 22.3 Å². The van der Waals surface area contributed by atoms with Crippen molar-refractivity contribution in [2.45, 2.75) is 26.2 Å². The van der Waals surface area contributed by atoms with E-state index in [9.17, 15) is 9.59 Å². The Hall–Kier alpha value is -2.94. The maximum absolute atomic E-state index is 12.2. The Morgan fingerprint density at radius 3 is 3.00 bits per heavy atom. The number of carbonyl (C=O) groups is 1. The van der Waals surface area contributed by atoms with Gasteiger partial charge in [0.05, 0.1) is 5.69 Å². The first kappa shape index (κ1) is 18.4. The normalized spacial score (nSPS) is 13.5. The van der Waals surface area contributed by atoms with Crippen molar-refractivity contribution in [1.29, 1.82) is 0 Å². The largest absolute Gasteiger partial charge is 0.482 e. The molecule has 0 aliphatic carbocycles. The lowest BCUT2D eigenvalue weighted by Crippen LogP contribution is -2.39. The van der Waals surface area contributed by atoms with Crippen LogP contribution in [0, 0.1) is 0 Å². The number of ether oxygens (including phenoxy) is 1. The third-order valence-corrected chi connectivity index (χ3v) is 5.31. The monoisotopic (exact) mass is 399 g/mol. The van der Waals surface area contributed by atoms with E-state index in [1.54, 1.807) is 11.0 Å². The molecule has 0 unspecified atom stereocenters. The van der Waals surface area contributed by atoms with E-state index in [1.807, 2.05) is 24.3 Å². The lowest BCUT2D eigenvalue weighted by molar-refractivity contribution is -0.121. The number of aromatic nitrogens is 3. The zero-order valence-electron chi connectivity index (χ0n) is 15.6. The second-order valence-electron chi connectivity index (χ2n) is 6.52. The number of nitrogens with zero attached hydrogens (tertiary/aromatic N) is 4. The van der Waals surface area contributed by atoms with E-state index < -0.39 is 0 Å². The van der Waals surface area contributed by atoms with Gasteiger partial charge in [0.25, 0.3) is 11.5 Å². The predicted octanol–water partition coefficient (Wildman–Crippen LogP) is 2.33. The third-order valence-electron chi connectivity index (χ3n) is 4.45. The number of nitrogens with one attached hydrogen (secondary N) is 1.